The molecule has 0 fully saturated rings. The largest absolute Gasteiger partial charge is 0.385 e. The number of methoxy groups -OCH3 is 1. The van der Waals surface area contributed by atoms with E-state index in [4.69, 9.17) is 4.74 Å². The number of nitrogens with zero attached hydrogens (tertiary/aromatic N) is 2. The van der Waals surface area contributed by atoms with E-state index < -0.39 is 0 Å². The van der Waals surface area contributed by atoms with Crippen molar-refractivity contribution >= 4 is 0 Å². The van der Waals surface area contributed by atoms with Crippen molar-refractivity contribution in [1.29, 1.82) is 0 Å². The minimum absolute atomic E-state index is 0.845. The first-order valence-electron chi connectivity index (χ1n) is 6.07. The molecule has 0 radical (unpaired) electrons. The van der Waals surface area contributed by atoms with E-state index in [1.165, 1.54) is 12.1 Å². The van der Waals surface area contributed by atoms with Gasteiger partial charge in [0.25, 0.3) is 0 Å². The lowest BCUT2D eigenvalue weighted by molar-refractivity contribution is 0.191. The minimum Gasteiger partial charge on any atom is -0.385 e. The van der Waals surface area contributed by atoms with Crippen molar-refractivity contribution in [3.05, 3.63) is 18.2 Å². The third-order valence-corrected chi connectivity index (χ3v) is 2.53. The molecule has 0 spiro atoms. The van der Waals surface area contributed by atoms with Crippen molar-refractivity contribution in [3.8, 4) is 0 Å². The second-order valence-electron chi connectivity index (χ2n) is 3.96. The third kappa shape index (κ3) is 4.77. The summed E-state index contributed by atoms with van der Waals surface area (Å²) >= 11 is 0. The second-order valence-corrected chi connectivity index (χ2v) is 3.96. The number of aryl methyl sites for hydroxylation is 1. The van der Waals surface area contributed by atoms with Gasteiger partial charge in [0.15, 0.2) is 0 Å². The van der Waals surface area contributed by atoms with Gasteiger partial charge in [-0.1, -0.05) is 6.92 Å². The SMILES string of the molecule is CCCNCc1cncn1CCCCOC. The topological polar surface area (TPSA) is 39.1 Å². The Kier molecular flexibility index (Phi) is 6.85. The number of hydrogen-bond acceptors (Lipinski definition) is 3. The Hall–Kier alpha value is -0.870. The fourth-order valence-corrected chi connectivity index (χ4v) is 1.62. The molecule has 0 aliphatic rings. The fourth-order valence-electron chi connectivity index (χ4n) is 1.62. The van der Waals surface area contributed by atoms with Crippen molar-refractivity contribution in [2.24, 2.45) is 0 Å². The van der Waals surface area contributed by atoms with E-state index in [-0.39, 0.29) is 0 Å². The van der Waals surface area contributed by atoms with Crippen LogP contribution in [0, 0.1) is 0 Å². The summed E-state index contributed by atoms with van der Waals surface area (Å²) in [6.45, 7) is 6.03. The Labute approximate surface area is 98.0 Å². The van der Waals surface area contributed by atoms with Gasteiger partial charge in [-0.2, -0.15) is 0 Å². The molecule has 0 atom stereocenters. The Morgan fingerprint density at radius 2 is 2.31 bits per heavy atom. The monoisotopic (exact) mass is 225 g/mol. The lowest BCUT2D eigenvalue weighted by atomic mass is 10.3. The quantitative estimate of drug-likeness (QED) is 0.651. The molecule has 4 nitrogen and oxygen atoms in total. The number of hydrogen-bond donors (Lipinski definition) is 1. The van der Waals surface area contributed by atoms with Gasteiger partial charge in [0.2, 0.25) is 0 Å². The molecule has 1 rings (SSSR count). The van der Waals surface area contributed by atoms with Crippen LogP contribution in [-0.2, 0) is 17.8 Å². The van der Waals surface area contributed by atoms with Crippen LogP contribution in [0.15, 0.2) is 12.5 Å². The summed E-state index contributed by atoms with van der Waals surface area (Å²) in [5, 5.41) is 3.39. The van der Waals surface area contributed by atoms with Crippen molar-refractivity contribution in [1.82, 2.24) is 14.9 Å². The first kappa shape index (κ1) is 13.2. The highest BCUT2D eigenvalue weighted by Crippen LogP contribution is 2.02. The maximum Gasteiger partial charge on any atom is 0.0948 e. The van der Waals surface area contributed by atoms with E-state index in [0.29, 0.717) is 0 Å². The molecule has 92 valence electrons. The van der Waals surface area contributed by atoms with Gasteiger partial charge >= 0.3 is 0 Å². The third-order valence-electron chi connectivity index (χ3n) is 2.53. The van der Waals surface area contributed by atoms with Crippen LogP contribution >= 0.6 is 0 Å². The molecule has 1 aromatic rings. The second kappa shape index (κ2) is 8.30. The van der Waals surface area contributed by atoms with Crippen LogP contribution in [0.2, 0.25) is 0 Å². The number of rotatable bonds is 9. The van der Waals surface area contributed by atoms with Gasteiger partial charge in [0.1, 0.15) is 0 Å². The maximum atomic E-state index is 5.03. The average Bonchev–Trinajstić information content (AvgIpc) is 2.73. The summed E-state index contributed by atoms with van der Waals surface area (Å²) < 4.78 is 7.25. The summed E-state index contributed by atoms with van der Waals surface area (Å²) in [7, 11) is 1.75. The molecule has 1 heterocycles. The van der Waals surface area contributed by atoms with Gasteiger partial charge in [0, 0.05) is 33.0 Å². The Bertz CT molecular complexity index is 273. The Balaban J connectivity index is 2.26. The Morgan fingerprint density at radius 1 is 1.44 bits per heavy atom. The summed E-state index contributed by atoms with van der Waals surface area (Å²) in [6.07, 6.45) is 7.28. The smallest absolute Gasteiger partial charge is 0.0948 e. The zero-order chi connectivity index (χ0) is 11.6. The predicted octanol–water partition coefficient (Wildman–Crippen LogP) is 1.81. The van der Waals surface area contributed by atoms with Gasteiger partial charge in [-0.15, -0.1) is 0 Å². The van der Waals surface area contributed by atoms with Crippen LogP contribution in [0.1, 0.15) is 31.9 Å². The highest BCUT2D eigenvalue weighted by molar-refractivity contribution is 4.97. The average molecular weight is 225 g/mol. The highest BCUT2D eigenvalue weighted by atomic mass is 16.5. The van der Waals surface area contributed by atoms with Gasteiger partial charge in [0.05, 0.1) is 12.0 Å². The molecule has 0 unspecified atom stereocenters. The molecule has 1 aromatic heterocycles. The summed E-state index contributed by atoms with van der Waals surface area (Å²) in [5.74, 6) is 0. The molecule has 0 aliphatic carbocycles. The predicted molar refractivity (Wildman–Crippen MR) is 65.3 cm³/mol. The number of imidazole rings is 1. The van der Waals surface area contributed by atoms with Gasteiger partial charge in [-0.05, 0) is 25.8 Å². The molecule has 16 heavy (non-hydrogen) atoms. The zero-order valence-electron chi connectivity index (χ0n) is 10.4. The summed E-state index contributed by atoms with van der Waals surface area (Å²) in [4.78, 5) is 4.19. The van der Waals surface area contributed by atoms with E-state index >= 15 is 0 Å². The molecule has 0 bridgehead atoms. The molecule has 0 aliphatic heterocycles. The van der Waals surface area contributed by atoms with Crippen LogP contribution in [0.25, 0.3) is 0 Å². The van der Waals surface area contributed by atoms with Crippen LogP contribution in [0.5, 0.6) is 0 Å². The number of aromatic nitrogens is 2. The van der Waals surface area contributed by atoms with Crippen LogP contribution < -0.4 is 5.32 Å². The van der Waals surface area contributed by atoms with Crippen LogP contribution in [-0.4, -0.2) is 29.8 Å². The lowest BCUT2D eigenvalue weighted by Crippen LogP contribution is -2.16. The van der Waals surface area contributed by atoms with E-state index in [9.17, 15) is 0 Å². The lowest BCUT2D eigenvalue weighted by Gasteiger charge is -2.08. The zero-order valence-corrected chi connectivity index (χ0v) is 10.4. The standard InChI is InChI=1S/C12H23N3O/c1-3-6-13-9-12-10-14-11-15(12)7-4-5-8-16-2/h10-11,13H,3-9H2,1-2H3. The Morgan fingerprint density at radius 3 is 3.06 bits per heavy atom. The first-order chi connectivity index (χ1) is 7.88. The summed E-state index contributed by atoms with van der Waals surface area (Å²) in [5.41, 5.74) is 1.27. The molecule has 4 heteroatoms. The highest BCUT2D eigenvalue weighted by Gasteiger charge is 2.00. The number of unbranched alkanes of at least 4 members (excludes halogenated alkanes) is 1. The number of nitrogens with one attached hydrogen (secondary N) is 1. The molecule has 0 saturated carbocycles. The minimum atomic E-state index is 0.845. The number of ether oxygens (including phenoxy) is 1. The van der Waals surface area contributed by atoms with Crippen molar-refractivity contribution in [2.45, 2.75) is 39.3 Å². The van der Waals surface area contributed by atoms with Crippen molar-refractivity contribution in [3.63, 3.8) is 0 Å². The normalized spacial score (nSPS) is 10.9. The molecule has 0 amide bonds. The van der Waals surface area contributed by atoms with Crippen molar-refractivity contribution < 1.29 is 4.74 Å². The van der Waals surface area contributed by atoms with E-state index in [1.54, 1.807) is 7.11 Å². The molecule has 0 aromatic carbocycles. The molecule has 0 saturated heterocycles. The van der Waals surface area contributed by atoms with Gasteiger partial charge < -0.3 is 14.6 Å². The molecule has 1 N–H and O–H groups in total. The molecular formula is C12H23N3O. The van der Waals surface area contributed by atoms with Gasteiger partial charge in [-0.3, -0.25) is 0 Å². The van der Waals surface area contributed by atoms with E-state index in [2.05, 4.69) is 21.8 Å². The molecular weight excluding hydrogens is 202 g/mol. The first-order valence-corrected chi connectivity index (χ1v) is 6.07. The maximum absolute atomic E-state index is 5.03. The van der Waals surface area contributed by atoms with Crippen LogP contribution in [0.3, 0.4) is 0 Å². The van der Waals surface area contributed by atoms with Crippen LogP contribution in [0.4, 0.5) is 0 Å². The van der Waals surface area contributed by atoms with E-state index in [0.717, 1.165) is 39.1 Å². The van der Waals surface area contributed by atoms with E-state index in [1.807, 2.05) is 12.5 Å². The van der Waals surface area contributed by atoms with Gasteiger partial charge in [-0.25, -0.2) is 4.98 Å². The van der Waals surface area contributed by atoms with Crippen molar-refractivity contribution in [2.75, 3.05) is 20.3 Å². The fraction of sp³-hybridized carbons (Fsp3) is 0.750. The summed E-state index contributed by atoms with van der Waals surface area (Å²) in [6, 6.07) is 0.